The van der Waals surface area contributed by atoms with Crippen LogP contribution in [-0.4, -0.2) is 32.8 Å². The van der Waals surface area contributed by atoms with Crippen LogP contribution in [0, 0.1) is 0 Å². The molecule has 0 saturated heterocycles. The summed E-state index contributed by atoms with van der Waals surface area (Å²) in [6.07, 6.45) is 1.83. The Balaban J connectivity index is 2.43. The molecule has 0 spiro atoms. The number of thioether (sulfide) groups is 1. The van der Waals surface area contributed by atoms with Crippen molar-refractivity contribution in [1.29, 1.82) is 0 Å². The molecule has 0 aromatic carbocycles. The molecule has 2 rings (SSSR count). The molecule has 8 heteroatoms. The van der Waals surface area contributed by atoms with Gasteiger partial charge in [-0.15, -0.1) is 5.10 Å². The summed E-state index contributed by atoms with van der Waals surface area (Å²) in [6, 6.07) is 0. The van der Waals surface area contributed by atoms with Gasteiger partial charge in [0.25, 0.3) is 17.8 Å². The van der Waals surface area contributed by atoms with Gasteiger partial charge in [0.15, 0.2) is 5.16 Å². The molecule has 0 N–H and O–H groups in total. The topological polar surface area (TPSA) is 68.1 Å². The zero-order valence-corrected chi connectivity index (χ0v) is 11.0. The summed E-state index contributed by atoms with van der Waals surface area (Å²) in [5.74, 6) is -0.993. The van der Waals surface area contributed by atoms with E-state index in [9.17, 15) is 9.59 Å². The molecule has 6 nitrogen and oxygen atoms in total. The normalized spacial score (nSPS) is 16.4. The van der Waals surface area contributed by atoms with Crippen molar-refractivity contribution in [2.75, 3.05) is 11.2 Å². The van der Waals surface area contributed by atoms with E-state index in [-0.39, 0.29) is 16.6 Å². The van der Waals surface area contributed by atoms with Crippen molar-refractivity contribution in [3.05, 3.63) is 10.6 Å². The molecule has 0 bridgehead atoms. The Morgan fingerprint density at radius 2 is 1.94 bits per heavy atom. The van der Waals surface area contributed by atoms with Crippen LogP contribution in [0.25, 0.3) is 0 Å². The lowest BCUT2D eigenvalue weighted by molar-refractivity contribution is -0.120. The summed E-state index contributed by atoms with van der Waals surface area (Å²) in [5.41, 5.74) is 0.217. The van der Waals surface area contributed by atoms with E-state index in [0.29, 0.717) is 5.16 Å². The van der Waals surface area contributed by atoms with E-state index in [1.807, 2.05) is 6.26 Å². The van der Waals surface area contributed by atoms with Crippen LogP contribution in [0.4, 0.5) is 5.95 Å². The van der Waals surface area contributed by atoms with Crippen molar-refractivity contribution in [2.45, 2.75) is 12.1 Å². The van der Waals surface area contributed by atoms with Crippen molar-refractivity contribution in [3.8, 4) is 0 Å². The molecule has 0 unspecified atom stereocenters. The van der Waals surface area contributed by atoms with E-state index in [1.165, 1.54) is 23.4 Å². The maximum Gasteiger partial charge on any atom is 0.279 e. The van der Waals surface area contributed by atoms with Crippen LogP contribution in [0.1, 0.15) is 6.92 Å². The summed E-state index contributed by atoms with van der Waals surface area (Å²) in [5, 5.41) is 4.55. The van der Waals surface area contributed by atoms with Gasteiger partial charge in [0.1, 0.15) is 5.03 Å². The van der Waals surface area contributed by atoms with Crippen LogP contribution in [0.2, 0.25) is 0 Å². The SMILES string of the molecule is CSc1nc(N2C(=O)C(C)=C(Cl)C2=O)nn1C. The van der Waals surface area contributed by atoms with Gasteiger partial charge in [0, 0.05) is 12.6 Å². The fraction of sp³-hybridized carbons (Fsp3) is 0.333. The van der Waals surface area contributed by atoms with E-state index in [1.54, 1.807) is 7.05 Å². The summed E-state index contributed by atoms with van der Waals surface area (Å²) in [6.45, 7) is 1.50. The highest BCUT2D eigenvalue weighted by Gasteiger charge is 2.38. The molecule has 17 heavy (non-hydrogen) atoms. The van der Waals surface area contributed by atoms with E-state index in [0.717, 1.165) is 4.90 Å². The molecule has 0 saturated carbocycles. The zero-order valence-electron chi connectivity index (χ0n) is 9.39. The molecule has 0 atom stereocenters. The van der Waals surface area contributed by atoms with Gasteiger partial charge in [-0.2, -0.15) is 4.98 Å². The van der Waals surface area contributed by atoms with Crippen molar-refractivity contribution in [2.24, 2.45) is 7.05 Å². The Labute approximate surface area is 107 Å². The second-order valence-electron chi connectivity index (χ2n) is 3.41. The third-order valence-corrected chi connectivity index (χ3v) is 3.50. The molecule has 0 fully saturated rings. The quantitative estimate of drug-likeness (QED) is 0.592. The molecule has 0 aliphatic carbocycles. The maximum atomic E-state index is 11.8. The minimum absolute atomic E-state index is 0.0573. The molecule has 1 aromatic rings. The summed E-state index contributed by atoms with van der Waals surface area (Å²) < 4.78 is 1.50. The minimum Gasteiger partial charge on any atom is -0.268 e. The number of amides is 2. The van der Waals surface area contributed by atoms with E-state index in [2.05, 4.69) is 10.1 Å². The standard InChI is InChI=1S/C9H9ClN4O2S/c1-4-5(10)7(16)14(6(4)15)8-11-9(17-3)13(2)12-8/h1-3H3. The van der Waals surface area contributed by atoms with Gasteiger partial charge in [0.05, 0.1) is 0 Å². The largest absolute Gasteiger partial charge is 0.279 e. The van der Waals surface area contributed by atoms with Gasteiger partial charge in [-0.3, -0.25) is 9.59 Å². The Morgan fingerprint density at radius 3 is 2.35 bits per heavy atom. The van der Waals surface area contributed by atoms with E-state index in [4.69, 9.17) is 11.6 Å². The van der Waals surface area contributed by atoms with Crippen molar-refractivity contribution in [1.82, 2.24) is 14.8 Å². The number of hydrogen-bond acceptors (Lipinski definition) is 5. The number of rotatable bonds is 2. The van der Waals surface area contributed by atoms with Gasteiger partial charge < -0.3 is 0 Å². The Kier molecular flexibility index (Phi) is 2.96. The lowest BCUT2D eigenvalue weighted by Gasteiger charge is -2.08. The van der Waals surface area contributed by atoms with Gasteiger partial charge in [-0.1, -0.05) is 23.4 Å². The molecule has 1 aliphatic heterocycles. The van der Waals surface area contributed by atoms with Gasteiger partial charge in [-0.25, -0.2) is 9.58 Å². The first-order chi connectivity index (χ1) is 7.97. The average Bonchev–Trinajstić information content (AvgIpc) is 2.75. The Hall–Kier alpha value is -1.34. The number of imide groups is 1. The lowest BCUT2D eigenvalue weighted by Crippen LogP contribution is -2.32. The first kappa shape index (κ1) is 12.1. The second-order valence-corrected chi connectivity index (χ2v) is 4.56. The van der Waals surface area contributed by atoms with Crippen LogP contribution in [0.15, 0.2) is 15.8 Å². The summed E-state index contributed by atoms with van der Waals surface area (Å²) in [7, 11) is 1.69. The average molecular weight is 273 g/mol. The first-order valence-corrected chi connectivity index (χ1v) is 6.27. The first-order valence-electron chi connectivity index (χ1n) is 4.67. The highest BCUT2D eigenvalue weighted by Crippen LogP contribution is 2.27. The smallest absolute Gasteiger partial charge is 0.268 e. The predicted molar refractivity (Wildman–Crippen MR) is 63.8 cm³/mol. The summed E-state index contributed by atoms with van der Waals surface area (Å²) in [4.78, 5) is 28.5. The highest BCUT2D eigenvalue weighted by atomic mass is 35.5. The molecular formula is C9H9ClN4O2S. The predicted octanol–water partition coefficient (Wildman–Crippen LogP) is 0.923. The fourth-order valence-electron chi connectivity index (χ4n) is 1.42. The molecule has 90 valence electrons. The van der Waals surface area contributed by atoms with Crippen LogP contribution in [0.3, 0.4) is 0 Å². The fourth-order valence-corrected chi connectivity index (χ4v) is 2.07. The molecule has 1 aliphatic rings. The van der Waals surface area contributed by atoms with Gasteiger partial charge in [-0.05, 0) is 13.2 Å². The highest BCUT2D eigenvalue weighted by molar-refractivity contribution is 7.98. The Bertz CT molecular complexity index is 527. The maximum absolute atomic E-state index is 11.8. The van der Waals surface area contributed by atoms with Crippen LogP contribution >= 0.6 is 23.4 Å². The second kappa shape index (κ2) is 4.15. The number of nitrogens with zero attached hydrogens (tertiary/aromatic N) is 4. The summed E-state index contributed by atoms with van der Waals surface area (Å²) >= 11 is 7.11. The van der Waals surface area contributed by atoms with Crippen LogP contribution in [0.5, 0.6) is 0 Å². The van der Waals surface area contributed by atoms with Gasteiger partial charge in [0.2, 0.25) is 0 Å². The number of carbonyl (C=O) groups excluding carboxylic acids is 2. The molecule has 2 heterocycles. The third kappa shape index (κ3) is 1.75. The number of hydrogen-bond donors (Lipinski definition) is 0. The van der Waals surface area contributed by atoms with Gasteiger partial charge >= 0.3 is 0 Å². The molecule has 2 amide bonds. The lowest BCUT2D eigenvalue weighted by atomic mass is 10.3. The molecule has 1 aromatic heterocycles. The van der Waals surface area contributed by atoms with Crippen LogP contribution in [-0.2, 0) is 16.6 Å². The number of aromatic nitrogens is 3. The molecular weight excluding hydrogens is 264 g/mol. The van der Waals surface area contributed by atoms with E-state index >= 15 is 0 Å². The number of halogens is 1. The van der Waals surface area contributed by atoms with E-state index < -0.39 is 11.8 Å². The van der Waals surface area contributed by atoms with Crippen molar-refractivity contribution >= 4 is 41.1 Å². The van der Waals surface area contributed by atoms with Crippen molar-refractivity contribution in [3.63, 3.8) is 0 Å². The Morgan fingerprint density at radius 1 is 1.29 bits per heavy atom. The van der Waals surface area contributed by atoms with Crippen molar-refractivity contribution < 1.29 is 9.59 Å². The zero-order chi connectivity index (χ0) is 12.7. The number of aryl methyl sites for hydroxylation is 1. The number of anilines is 1. The minimum atomic E-state index is -0.576. The molecule has 0 radical (unpaired) electrons. The number of carbonyl (C=O) groups is 2. The third-order valence-electron chi connectivity index (χ3n) is 2.34. The van der Waals surface area contributed by atoms with Crippen LogP contribution < -0.4 is 4.90 Å². The monoisotopic (exact) mass is 272 g/mol.